The van der Waals surface area contributed by atoms with Crippen LogP contribution in [0.1, 0.15) is 35.3 Å². The number of para-hydroxylation sites is 1. The van der Waals surface area contributed by atoms with Gasteiger partial charge in [-0.2, -0.15) is 0 Å². The van der Waals surface area contributed by atoms with Crippen LogP contribution >= 0.6 is 0 Å². The van der Waals surface area contributed by atoms with Gasteiger partial charge in [-0.1, -0.05) is 48.5 Å². The summed E-state index contributed by atoms with van der Waals surface area (Å²) < 4.78 is 6.07. The van der Waals surface area contributed by atoms with Gasteiger partial charge in [-0.3, -0.25) is 0 Å². The maximum Gasteiger partial charge on any atom is 0.352 e. The van der Waals surface area contributed by atoms with E-state index in [1.165, 1.54) is 12.8 Å². The molecule has 0 saturated carbocycles. The fraction of sp³-hybridized carbons (Fsp3) is 0.269. The lowest BCUT2D eigenvalue weighted by atomic mass is 10.0. The van der Waals surface area contributed by atoms with Crippen molar-refractivity contribution < 1.29 is 14.6 Å². The van der Waals surface area contributed by atoms with Crippen LogP contribution in [0.5, 0.6) is 5.75 Å². The molecule has 2 heterocycles. The molecule has 1 aliphatic heterocycles. The summed E-state index contributed by atoms with van der Waals surface area (Å²) in [5.74, 6) is -0.0413. The van der Waals surface area contributed by atoms with Gasteiger partial charge in [0.25, 0.3) is 0 Å². The minimum absolute atomic E-state index is 0.298. The lowest BCUT2D eigenvalue weighted by Crippen LogP contribution is -2.17. The van der Waals surface area contributed by atoms with Crippen LogP contribution in [0.3, 0.4) is 0 Å². The first-order chi connectivity index (χ1) is 15.2. The van der Waals surface area contributed by atoms with Crippen LogP contribution in [-0.2, 0) is 6.42 Å². The van der Waals surface area contributed by atoms with Gasteiger partial charge in [-0.25, -0.2) is 4.79 Å². The lowest BCUT2D eigenvalue weighted by Gasteiger charge is -2.18. The van der Waals surface area contributed by atoms with E-state index >= 15 is 0 Å². The number of aromatic carboxylic acids is 1. The van der Waals surface area contributed by atoms with Crippen molar-refractivity contribution >= 4 is 33.3 Å². The molecule has 1 saturated heterocycles. The molecular formula is C26H26N2O3. The molecule has 5 rings (SSSR count). The highest BCUT2D eigenvalue weighted by molar-refractivity contribution is 6.02. The lowest BCUT2D eigenvalue weighted by molar-refractivity contribution is 0.0690. The number of nitrogens with one attached hydrogen (secondary N) is 1. The smallest absolute Gasteiger partial charge is 0.352 e. The van der Waals surface area contributed by atoms with E-state index in [2.05, 4.69) is 34.1 Å². The van der Waals surface area contributed by atoms with Crippen LogP contribution in [0, 0.1) is 0 Å². The van der Waals surface area contributed by atoms with E-state index in [0.717, 1.165) is 58.2 Å². The van der Waals surface area contributed by atoms with Gasteiger partial charge in [0, 0.05) is 23.9 Å². The van der Waals surface area contributed by atoms with Gasteiger partial charge < -0.3 is 19.7 Å². The average Bonchev–Trinajstić information content (AvgIpc) is 3.45. The predicted molar refractivity (Wildman–Crippen MR) is 124 cm³/mol. The number of H-pyrrole nitrogens is 1. The third-order valence-corrected chi connectivity index (χ3v) is 6.16. The molecule has 3 aromatic carbocycles. The van der Waals surface area contributed by atoms with E-state index in [9.17, 15) is 9.90 Å². The quantitative estimate of drug-likeness (QED) is 0.385. The van der Waals surface area contributed by atoms with Gasteiger partial charge in [0.1, 0.15) is 11.4 Å². The van der Waals surface area contributed by atoms with Gasteiger partial charge in [0.15, 0.2) is 0 Å². The number of aryl methyl sites for hydroxylation is 1. The van der Waals surface area contributed by atoms with Crippen molar-refractivity contribution in [3.05, 3.63) is 71.9 Å². The Morgan fingerprint density at radius 2 is 1.71 bits per heavy atom. The van der Waals surface area contributed by atoms with E-state index in [4.69, 9.17) is 4.74 Å². The van der Waals surface area contributed by atoms with E-state index in [0.29, 0.717) is 18.7 Å². The summed E-state index contributed by atoms with van der Waals surface area (Å²) in [7, 11) is 0. The van der Waals surface area contributed by atoms with Gasteiger partial charge in [-0.15, -0.1) is 0 Å². The number of fused-ring (bicyclic) bond motifs is 2. The number of carbonyl (C=O) groups is 1. The predicted octanol–water partition coefficient (Wildman–Crippen LogP) is 5.63. The number of ether oxygens (including phenoxy) is 1. The number of aromatic nitrogens is 1. The molecular weight excluding hydrogens is 388 g/mol. The maximum atomic E-state index is 11.9. The van der Waals surface area contributed by atoms with Gasteiger partial charge in [0.05, 0.1) is 17.8 Å². The normalized spacial score (nSPS) is 13.9. The second-order valence-corrected chi connectivity index (χ2v) is 8.11. The molecule has 4 aromatic rings. The number of anilines is 1. The van der Waals surface area contributed by atoms with Crippen molar-refractivity contribution in [2.24, 2.45) is 0 Å². The zero-order valence-electron chi connectivity index (χ0n) is 17.4. The molecule has 5 heteroatoms. The summed E-state index contributed by atoms with van der Waals surface area (Å²) in [5.41, 5.74) is 3.21. The average molecular weight is 415 g/mol. The molecule has 0 radical (unpaired) electrons. The highest BCUT2D eigenvalue weighted by Crippen LogP contribution is 2.33. The SMILES string of the molecule is O=C(O)c1[nH]c2c(N3CCCC3)cccc2c1CCCOc1cccc2ccccc12. The summed E-state index contributed by atoms with van der Waals surface area (Å²) in [5, 5.41) is 13.1. The molecule has 0 aliphatic carbocycles. The Bertz CT molecular complexity index is 1230. The summed E-state index contributed by atoms with van der Waals surface area (Å²) in [4.78, 5) is 17.5. The van der Waals surface area contributed by atoms with Crippen LogP contribution in [0.2, 0.25) is 0 Å². The molecule has 0 amide bonds. The van der Waals surface area contributed by atoms with Crippen molar-refractivity contribution in [1.82, 2.24) is 4.98 Å². The zero-order valence-corrected chi connectivity index (χ0v) is 17.4. The van der Waals surface area contributed by atoms with Crippen LogP contribution in [-0.4, -0.2) is 35.8 Å². The van der Waals surface area contributed by atoms with Crippen molar-refractivity contribution in [2.75, 3.05) is 24.6 Å². The third-order valence-electron chi connectivity index (χ3n) is 6.16. The fourth-order valence-electron chi connectivity index (χ4n) is 4.67. The number of aromatic amines is 1. The van der Waals surface area contributed by atoms with E-state index < -0.39 is 5.97 Å². The Hall–Kier alpha value is -3.47. The molecule has 2 N–H and O–H groups in total. The highest BCUT2D eigenvalue weighted by Gasteiger charge is 2.21. The van der Waals surface area contributed by atoms with E-state index in [1.54, 1.807) is 0 Å². The van der Waals surface area contributed by atoms with Crippen molar-refractivity contribution in [2.45, 2.75) is 25.7 Å². The van der Waals surface area contributed by atoms with E-state index in [1.807, 2.05) is 36.4 Å². The van der Waals surface area contributed by atoms with E-state index in [-0.39, 0.29) is 0 Å². The largest absolute Gasteiger partial charge is 0.493 e. The molecule has 0 spiro atoms. The second kappa shape index (κ2) is 8.34. The van der Waals surface area contributed by atoms with Crippen LogP contribution in [0.15, 0.2) is 60.7 Å². The van der Waals surface area contributed by atoms with Gasteiger partial charge in [0.2, 0.25) is 0 Å². The number of rotatable bonds is 7. The zero-order chi connectivity index (χ0) is 21.2. The number of nitrogens with zero attached hydrogens (tertiary/aromatic N) is 1. The second-order valence-electron chi connectivity index (χ2n) is 8.11. The minimum atomic E-state index is -0.909. The molecule has 1 fully saturated rings. The van der Waals surface area contributed by atoms with Crippen molar-refractivity contribution in [1.29, 1.82) is 0 Å². The van der Waals surface area contributed by atoms with Crippen LogP contribution in [0.25, 0.3) is 21.7 Å². The summed E-state index contributed by atoms with van der Waals surface area (Å²) >= 11 is 0. The topological polar surface area (TPSA) is 65.6 Å². The summed E-state index contributed by atoms with van der Waals surface area (Å²) in [6.45, 7) is 2.58. The number of carboxylic acid groups (broad SMARTS) is 1. The Labute approximate surface area is 181 Å². The number of hydrogen-bond donors (Lipinski definition) is 2. The van der Waals surface area contributed by atoms with Gasteiger partial charge in [-0.05, 0) is 48.8 Å². The summed E-state index contributed by atoms with van der Waals surface area (Å²) in [6.07, 6.45) is 3.75. The monoisotopic (exact) mass is 414 g/mol. The van der Waals surface area contributed by atoms with Crippen molar-refractivity contribution in [3.63, 3.8) is 0 Å². The fourth-order valence-corrected chi connectivity index (χ4v) is 4.67. The van der Waals surface area contributed by atoms with Gasteiger partial charge >= 0.3 is 5.97 Å². The number of benzene rings is 3. The molecule has 5 nitrogen and oxygen atoms in total. The third kappa shape index (κ3) is 3.72. The van der Waals surface area contributed by atoms with Crippen LogP contribution in [0.4, 0.5) is 5.69 Å². The molecule has 0 bridgehead atoms. The first kappa shape index (κ1) is 19.5. The molecule has 1 aromatic heterocycles. The van der Waals surface area contributed by atoms with Crippen molar-refractivity contribution in [3.8, 4) is 5.75 Å². The van der Waals surface area contributed by atoms with Crippen LogP contribution < -0.4 is 9.64 Å². The molecule has 1 aliphatic rings. The maximum absolute atomic E-state index is 11.9. The minimum Gasteiger partial charge on any atom is -0.493 e. The highest BCUT2D eigenvalue weighted by atomic mass is 16.5. The number of hydrogen-bond acceptors (Lipinski definition) is 3. The molecule has 31 heavy (non-hydrogen) atoms. The first-order valence-corrected chi connectivity index (χ1v) is 10.9. The number of carboxylic acids is 1. The molecule has 0 unspecified atom stereocenters. The molecule has 0 atom stereocenters. The Morgan fingerprint density at radius 3 is 2.55 bits per heavy atom. The summed E-state index contributed by atoms with van der Waals surface area (Å²) in [6, 6.07) is 20.4. The standard InChI is InChI=1S/C26H26N2O3/c29-26(30)25-21(20-11-6-13-22(24(20)27-25)28-15-3-4-16-28)12-7-17-31-23-14-5-9-18-8-1-2-10-19(18)23/h1-2,5-6,8-11,13-14,27H,3-4,7,12,15-17H2,(H,29,30). The molecule has 158 valence electrons. The Kier molecular flexibility index (Phi) is 5.24. The first-order valence-electron chi connectivity index (χ1n) is 10.9. The Balaban J connectivity index is 1.36. The Morgan fingerprint density at radius 1 is 0.968 bits per heavy atom.